The summed E-state index contributed by atoms with van der Waals surface area (Å²) >= 11 is 0. The minimum atomic E-state index is -0.752. The van der Waals surface area contributed by atoms with E-state index < -0.39 is 6.10 Å². The van der Waals surface area contributed by atoms with Gasteiger partial charge in [-0.15, -0.1) is 0 Å². The predicted octanol–water partition coefficient (Wildman–Crippen LogP) is 2.23. The Hall–Kier alpha value is -2.53. The van der Waals surface area contributed by atoms with Gasteiger partial charge in [0.2, 0.25) is 0 Å². The highest BCUT2D eigenvalue weighted by molar-refractivity contribution is 5.96. The van der Waals surface area contributed by atoms with Crippen LogP contribution in [0.4, 0.5) is 0 Å². The Morgan fingerprint density at radius 2 is 2.14 bits per heavy atom. The number of aliphatic hydroxyl groups is 1. The molecule has 0 aliphatic rings. The van der Waals surface area contributed by atoms with Crippen molar-refractivity contribution in [1.82, 2.24) is 9.88 Å². The Balaban J connectivity index is 1.67. The molecule has 0 unspecified atom stereocenters. The van der Waals surface area contributed by atoms with Crippen molar-refractivity contribution in [2.75, 3.05) is 6.54 Å². The number of carbonyl (C=O) groups excluding carboxylic acids is 1. The molecule has 1 atom stereocenters. The highest BCUT2D eigenvalue weighted by Crippen LogP contribution is 2.19. The van der Waals surface area contributed by atoms with Gasteiger partial charge in [0.05, 0.1) is 0 Å². The third kappa shape index (κ3) is 2.68. The molecule has 0 bridgehead atoms. The number of amides is 1. The Kier molecular flexibility index (Phi) is 3.50. The largest absolute Gasteiger partial charge is 0.451 e. The Bertz CT molecular complexity index is 740. The number of benzene rings is 1. The van der Waals surface area contributed by atoms with Gasteiger partial charge in [-0.2, -0.15) is 0 Å². The molecule has 0 saturated heterocycles. The average molecular weight is 284 g/mol. The number of hydrogen-bond acceptors (Lipinski definition) is 3. The van der Waals surface area contributed by atoms with Gasteiger partial charge >= 0.3 is 0 Å². The lowest BCUT2D eigenvalue weighted by atomic mass is 10.2. The van der Waals surface area contributed by atoms with Crippen LogP contribution >= 0.6 is 0 Å². The topological polar surface area (TPSA) is 67.4 Å². The molecule has 2 heterocycles. The van der Waals surface area contributed by atoms with Crippen molar-refractivity contribution >= 4 is 16.9 Å². The highest BCUT2D eigenvalue weighted by Gasteiger charge is 2.15. The van der Waals surface area contributed by atoms with E-state index in [2.05, 4.69) is 5.32 Å². The summed E-state index contributed by atoms with van der Waals surface area (Å²) in [6, 6.07) is 12.8. The molecule has 0 fully saturated rings. The van der Waals surface area contributed by atoms with Gasteiger partial charge < -0.3 is 19.4 Å². The lowest BCUT2D eigenvalue weighted by molar-refractivity contribution is 0.0887. The normalized spacial score (nSPS) is 12.5. The summed E-state index contributed by atoms with van der Waals surface area (Å²) in [5, 5.41) is 13.6. The van der Waals surface area contributed by atoms with Crippen molar-refractivity contribution in [2.45, 2.75) is 6.10 Å². The standard InChI is InChI=1S/C16H16N2O3/c1-18-8-4-6-12(18)13(19)10-17-16(20)15-9-11-5-2-3-7-14(11)21-15/h2-9,13,19H,10H2,1H3,(H,17,20)/t13-/m0/s1. The molecule has 0 spiro atoms. The molecule has 0 aliphatic heterocycles. The van der Waals surface area contributed by atoms with Crippen LogP contribution in [0, 0.1) is 0 Å². The van der Waals surface area contributed by atoms with Crippen molar-refractivity contribution < 1.29 is 14.3 Å². The zero-order valence-corrected chi connectivity index (χ0v) is 11.6. The highest BCUT2D eigenvalue weighted by atomic mass is 16.3. The van der Waals surface area contributed by atoms with E-state index in [1.165, 1.54) is 0 Å². The lowest BCUT2D eigenvalue weighted by Gasteiger charge is -2.12. The number of carbonyl (C=O) groups is 1. The van der Waals surface area contributed by atoms with Crippen molar-refractivity contribution in [3.63, 3.8) is 0 Å². The van der Waals surface area contributed by atoms with E-state index in [1.54, 1.807) is 6.07 Å². The molecule has 21 heavy (non-hydrogen) atoms. The molecule has 2 aromatic heterocycles. The van der Waals surface area contributed by atoms with Crippen molar-refractivity contribution in [2.24, 2.45) is 7.05 Å². The molecule has 1 amide bonds. The Morgan fingerprint density at radius 3 is 2.86 bits per heavy atom. The number of nitrogens with zero attached hydrogens (tertiary/aromatic N) is 1. The fourth-order valence-electron chi connectivity index (χ4n) is 2.30. The summed E-state index contributed by atoms with van der Waals surface area (Å²) in [6.07, 6.45) is 1.10. The molecular weight excluding hydrogens is 268 g/mol. The summed E-state index contributed by atoms with van der Waals surface area (Å²) in [5.74, 6) is -0.0882. The van der Waals surface area contributed by atoms with Gasteiger partial charge in [0.1, 0.15) is 11.7 Å². The first kappa shape index (κ1) is 13.5. The van der Waals surface area contributed by atoms with Gasteiger partial charge in [0, 0.05) is 30.9 Å². The van der Waals surface area contributed by atoms with Crippen LogP contribution in [0.25, 0.3) is 11.0 Å². The number of aliphatic hydroxyl groups excluding tert-OH is 1. The van der Waals surface area contributed by atoms with E-state index in [-0.39, 0.29) is 18.2 Å². The molecule has 3 rings (SSSR count). The van der Waals surface area contributed by atoms with Gasteiger partial charge in [-0.25, -0.2) is 0 Å². The molecule has 5 heteroatoms. The minimum absolute atomic E-state index is 0.133. The second-order valence-electron chi connectivity index (χ2n) is 4.92. The molecule has 0 saturated carbocycles. The third-order valence-electron chi connectivity index (χ3n) is 3.43. The minimum Gasteiger partial charge on any atom is -0.451 e. The molecule has 0 aliphatic carbocycles. The maximum Gasteiger partial charge on any atom is 0.287 e. The molecular formula is C16H16N2O3. The molecule has 2 N–H and O–H groups in total. The number of hydrogen-bond donors (Lipinski definition) is 2. The molecule has 108 valence electrons. The fraction of sp³-hybridized carbons (Fsp3) is 0.188. The summed E-state index contributed by atoms with van der Waals surface area (Å²) in [7, 11) is 1.85. The van der Waals surface area contributed by atoms with Gasteiger partial charge in [0.25, 0.3) is 5.91 Å². The van der Waals surface area contributed by atoms with Crippen LogP contribution in [0.15, 0.2) is 53.1 Å². The van der Waals surface area contributed by atoms with Gasteiger partial charge in [-0.3, -0.25) is 4.79 Å². The van der Waals surface area contributed by atoms with E-state index in [4.69, 9.17) is 4.42 Å². The van der Waals surface area contributed by atoms with E-state index >= 15 is 0 Å². The molecule has 5 nitrogen and oxygen atoms in total. The zero-order chi connectivity index (χ0) is 14.8. The van der Waals surface area contributed by atoms with Crippen LogP contribution in [-0.2, 0) is 7.05 Å². The number of fused-ring (bicyclic) bond motifs is 1. The van der Waals surface area contributed by atoms with Crippen LogP contribution in [0.5, 0.6) is 0 Å². The van der Waals surface area contributed by atoms with Crippen LogP contribution < -0.4 is 5.32 Å². The number of para-hydroxylation sites is 1. The maximum atomic E-state index is 12.1. The first-order valence-electron chi connectivity index (χ1n) is 6.71. The number of rotatable bonds is 4. The number of nitrogens with one attached hydrogen (secondary N) is 1. The Labute approximate surface area is 121 Å². The lowest BCUT2D eigenvalue weighted by Crippen LogP contribution is -2.28. The van der Waals surface area contributed by atoms with Crippen LogP contribution in [-0.4, -0.2) is 22.1 Å². The molecule has 3 aromatic rings. The van der Waals surface area contributed by atoms with Crippen LogP contribution in [0.2, 0.25) is 0 Å². The second kappa shape index (κ2) is 5.46. The summed E-state index contributed by atoms with van der Waals surface area (Å²) in [5.41, 5.74) is 1.42. The average Bonchev–Trinajstić information content (AvgIpc) is 3.10. The van der Waals surface area contributed by atoms with Crippen molar-refractivity contribution in [3.05, 3.63) is 60.1 Å². The zero-order valence-electron chi connectivity index (χ0n) is 11.6. The number of furan rings is 1. The quantitative estimate of drug-likeness (QED) is 0.772. The van der Waals surface area contributed by atoms with E-state index in [0.717, 1.165) is 11.1 Å². The van der Waals surface area contributed by atoms with E-state index in [1.807, 2.05) is 54.2 Å². The van der Waals surface area contributed by atoms with Gasteiger partial charge in [-0.05, 0) is 24.3 Å². The fourth-order valence-corrected chi connectivity index (χ4v) is 2.30. The third-order valence-corrected chi connectivity index (χ3v) is 3.43. The first-order valence-corrected chi connectivity index (χ1v) is 6.71. The van der Waals surface area contributed by atoms with Crippen molar-refractivity contribution in [1.29, 1.82) is 0 Å². The van der Waals surface area contributed by atoms with Crippen LogP contribution in [0.3, 0.4) is 0 Å². The Morgan fingerprint density at radius 1 is 1.33 bits per heavy atom. The van der Waals surface area contributed by atoms with Gasteiger partial charge in [0.15, 0.2) is 5.76 Å². The summed E-state index contributed by atoms with van der Waals surface area (Å²) < 4.78 is 7.30. The maximum absolute atomic E-state index is 12.1. The smallest absolute Gasteiger partial charge is 0.287 e. The van der Waals surface area contributed by atoms with Crippen molar-refractivity contribution in [3.8, 4) is 0 Å². The predicted molar refractivity (Wildman–Crippen MR) is 78.9 cm³/mol. The first-order chi connectivity index (χ1) is 10.1. The van der Waals surface area contributed by atoms with Crippen LogP contribution in [0.1, 0.15) is 22.4 Å². The summed E-state index contributed by atoms with van der Waals surface area (Å²) in [6.45, 7) is 0.133. The SMILES string of the molecule is Cn1cccc1[C@@H](O)CNC(=O)c1cc2ccccc2o1. The summed E-state index contributed by atoms with van der Waals surface area (Å²) in [4.78, 5) is 12.1. The molecule has 1 aromatic carbocycles. The van der Waals surface area contributed by atoms with E-state index in [0.29, 0.717) is 5.58 Å². The van der Waals surface area contributed by atoms with E-state index in [9.17, 15) is 9.90 Å². The molecule has 0 radical (unpaired) electrons. The monoisotopic (exact) mass is 284 g/mol. The van der Waals surface area contributed by atoms with Gasteiger partial charge in [-0.1, -0.05) is 18.2 Å². The second-order valence-corrected chi connectivity index (χ2v) is 4.92. The number of aryl methyl sites for hydroxylation is 1. The number of aromatic nitrogens is 1.